The molecule has 0 radical (unpaired) electrons. The van der Waals surface area contributed by atoms with Crippen LogP contribution in [0, 0.1) is 0 Å². The van der Waals surface area contributed by atoms with Crippen molar-refractivity contribution >= 4 is 49.6 Å². The molecule has 0 atom stereocenters. The molecule has 3 nitrogen and oxygen atoms in total. The van der Waals surface area contributed by atoms with Crippen LogP contribution in [0.2, 0.25) is 0 Å². The Labute approximate surface area is 395 Å². The lowest BCUT2D eigenvalue weighted by Gasteiger charge is -2.40. The monoisotopic (exact) mass is 866 g/mol. The van der Waals surface area contributed by atoms with Crippen LogP contribution < -0.4 is 9.64 Å². The second-order valence-corrected chi connectivity index (χ2v) is 18.0. The Balaban J connectivity index is 1.05. The average molecular weight is 867 g/mol. The molecule has 0 N–H and O–H groups in total. The van der Waals surface area contributed by atoms with Gasteiger partial charge in [-0.25, -0.2) is 0 Å². The van der Waals surface area contributed by atoms with Crippen LogP contribution >= 0.6 is 0 Å². The summed E-state index contributed by atoms with van der Waals surface area (Å²) in [7, 11) is 0. The Kier molecular flexibility index (Phi) is 8.50. The second kappa shape index (κ2) is 15.1. The molecule has 1 spiro atoms. The normalized spacial score (nSPS) is 12.9. The Bertz CT molecular complexity index is 3850. The van der Waals surface area contributed by atoms with E-state index in [1.165, 1.54) is 49.3 Å². The molecule has 0 fully saturated rings. The van der Waals surface area contributed by atoms with Crippen LogP contribution in [0.5, 0.6) is 11.5 Å². The lowest BCUT2D eigenvalue weighted by Crippen LogP contribution is -2.32. The van der Waals surface area contributed by atoms with Crippen LogP contribution in [0.3, 0.4) is 0 Å². The first-order chi connectivity index (χ1) is 33.7. The molecule has 1 aliphatic heterocycles. The van der Waals surface area contributed by atoms with Gasteiger partial charge in [-0.05, 0) is 111 Å². The predicted molar refractivity (Wildman–Crippen MR) is 281 cm³/mol. The van der Waals surface area contributed by atoms with E-state index in [1.54, 1.807) is 0 Å². The number of rotatable bonds is 6. The van der Waals surface area contributed by atoms with E-state index in [0.29, 0.717) is 0 Å². The van der Waals surface area contributed by atoms with Gasteiger partial charge in [0.1, 0.15) is 11.5 Å². The van der Waals surface area contributed by atoms with Crippen molar-refractivity contribution in [3.63, 3.8) is 0 Å². The minimum absolute atomic E-state index is 0.691. The maximum atomic E-state index is 7.18. The second-order valence-electron chi connectivity index (χ2n) is 18.0. The first-order valence-corrected chi connectivity index (χ1v) is 23.4. The van der Waals surface area contributed by atoms with Crippen molar-refractivity contribution in [2.45, 2.75) is 5.41 Å². The Morgan fingerprint density at radius 2 is 0.897 bits per heavy atom. The van der Waals surface area contributed by atoms with Gasteiger partial charge in [0, 0.05) is 44.3 Å². The summed E-state index contributed by atoms with van der Waals surface area (Å²) in [6.07, 6.45) is 0. The highest BCUT2D eigenvalue weighted by Crippen LogP contribution is 2.63. The van der Waals surface area contributed by atoms with E-state index >= 15 is 0 Å². The van der Waals surface area contributed by atoms with Crippen molar-refractivity contribution in [1.29, 1.82) is 0 Å². The van der Waals surface area contributed by atoms with E-state index < -0.39 is 5.41 Å². The zero-order valence-corrected chi connectivity index (χ0v) is 37.1. The highest BCUT2D eigenvalue weighted by atomic mass is 16.5. The lowest BCUT2D eigenvalue weighted by atomic mass is 9.65. The summed E-state index contributed by atoms with van der Waals surface area (Å²) < 4.78 is 9.59. The molecule has 0 unspecified atom stereocenters. The quantitative estimate of drug-likeness (QED) is 0.166. The van der Waals surface area contributed by atoms with Crippen LogP contribution in [-0.4, -0.2) is 4.57 Å². The van der Waals surface area contributed by atoms with Crippen LogP contribution in [0.15, 0.2) is 255 Å². The van der Waals surface area contributed by atoms with Crippen LogP contribution in [0.4, 0.5) is 17.1 Å². The van der Waals surface area contributed by atoms with Gasteiger partial charge >= 0.3 is 0 Å². The first-order valence-electron chi connectivity index (χ1n) is 23.4. The highest BCUT2D eigenvalue weighted by Gasteiger charge is 2.51. The number of anilines is 3. The summed E-state index contributed by atoms with van der Waals surface area (Å²) in [5.74, 6) is 1.73. The molecule has 0 saturated heterocycles. The SMILES string of the molecule is c1ccc(-c2ccc3c(c2)Oc2cc(-c4ccccc4)ccc2C32c3ccccc3-c3ccc(N(c4ccc5c6ccccc6n(-c6ccccc6)c5c4)c4cccc5ccccc45)cc32)cc1. The molecule has 12 aromatic rings. The fourth-order valence-corrected chi connectivity index (χ4v) is 11.5. The largest absolute Gasteiger partial charge is 0.457 e. The van der Waals surface area contributed by atoms with Gasteiger partial charge in [-0.2, -0.15) is 0 Å². The maximum Gasteiger partial charge on any atom is 0.132 e. The number of hydrogen-bond acceptors (Lipinski definition) is 2. The van der Waals surface area contributed by atoms with Crippen molar-refractivity contribution < 1.29 is 4.74 Å². The summed E-state index contributed by atoms with van der Waals surface area (Å²) in [6.45, 7) is 0. The van der Waals surface area contributed by atoms with Crippen LogP contribution in [-0.2, 0) is 5.41 Å². The molecular formula is C65H42N2O. The van der Waals surface area contributed by atoms with Crippen molar-refractivity contribution in [2.24, 2.45) is 0 Å². The fourth-order valence-electron chi connectivity index (χ4n) is 11.5. The van der Waals surface area contributed by atoms with E-state index in [1.807, 2.05) is 0 Å². The van der Waals surface area contributed by atoms with Gasteiger partial charge in [-0.15, -0.1) is 0 Å². The standard InChI is InChI=1S/C65H42N2O/c1-4-17-43(18-5-1)46-31-37-57-63(39-46)68-64-40-47(44-19-6-2-7-20-44)32-38-58(64)65(57)56-28-14-12-26-52(56)53-35-33-49(41-59(53)65)66(60-30-16-22-45-21-10-11-25-51(45)60)50-34-36-55-54-27-13-15-29-61(54)67(62(55)42-50)48-23-8-3-9-24-48/h1-42H. The third-order valence-corrected chi connectivity index (χ3v) is 14.4. The molecule has 1 aliphatic carbocycles. The molecule has 1 aromatic heterocycles. The number of aromatic nitrogens is 1. The average Bonchev–Trinajstić information content (AvgIpc) is 3.89. The smallest absolute Gasteiger partial charge is 0.132 e. The molecule has 318 valence electrons. The summed E-state index contributed by atoms with van der Waals surface area (Å²) in [5, 5.41) is 4.82. The lowest BCUT2D eigenvalue weighted by molar-refractivity contribution is 0.437. The Morgan fingerprint density at radius 3 is 1.63 bits per heavy atom. The summed E-state index contributed by atoms with van der Waals surface area (Å²) in [6, 6.07) is 93.0. The number of benzene rings is 11. The maximum absolute atomic E-state index is 7.18. The molecule has 0 bridgehead atoms. The van der Waals surface area contributed by atoms with E-state index in [-0.39, 0.29) is 0 Å². The number of ether oxygens (including phenoxy) is 1. The zero-order valence-electron chi connectivity index (χ0n) is 37.1. The molecule has 2 aliphatic rings. The number of nitrogens with zero attached hydrogens (tertiary/aromatic N) is 2. The molecule has 0 saturated carbocycles. The molecule has 0 amide bonds. The number of hydrogen-bond donors (Lipinski definition) is 0. The van der Waals surface area contributed by atoms with Crippen LogP contribution in [0.25, 0.3) is 71.6 Å². The summed E-state index contributed by atoms with van der Waals surface area (Å²) in [5.41, 5.74) is 17.8. The van der Waals surface area contributed by atoms with Crippen molar-refractivity contribution in [2.75, 3.05) is 4.90 Å². The van der Waals surface area contributed by atoms with Gasteiger partial charge in [-0.1, -0.05) is 194 Å². The highest BCUT2D eigenvalue weighted by molar-refractivity contribution is 6.11. The van der Waals surface area contributed by atoms with Gasteiger partial charge in [0.05, 0.1) is 22.1 Å². The van der Waals surface area contributed by atoms with Crippen molar-refractivity contribution in [3.8, 4) is 50.6 Å². The predicted octanol–water partition coefficient (Wildman–Crippen LogP) is 17.2. The topological polar surface area (TPSA) is 17.4 Å². The Morgan fingerprint density at radius 1 is 0.338 bits per heavy atom. The van der Waals surface area contributed by atoms with Crippen molar-refractivity contribution in [1.82, 2.24) is 4.57 Å². The van der Waals surface area contributed by atoms with Gasteiger partial charge in [0.2, 0.25) is 0 Å². The van der Waals surface area contributed by atoms with E-state index in [9.17, 15) is 0 Å². The van der Waals surface area contributed by atoms with Gasteiger partial charge in [0.15, 0.2) is 0 Å². The van der Waals surface area contributed by atoms with Gasteiger partial charge < -0.3 is 14.2 Å². The summed E-state index contributed by atoms with van der Waals surface area (Å²) in [4.78, 5) is 2.48. The first kappa shape index (κ1) is 38.4. The zero-order chi connectivity index (χ0) is 44.8. The molecule has 68 heavy (non-hydrogen) atoms. The molecule has 11 aromatic carbocycles. The minimum Gasteiger partial charge on any atom is -0.457 e. The number of fused-ring (bicyclic) bond motifs is 13. The third kappa shape index (κ3) is 5.66. The van der Waals surface area contributed by atoms with Crippen LogP contribution in [0.1, 0.15) is 22.3 Å². The third-order valence-electron chi connectivity index (χ3n) is 14.4. The fraction of sp³-hybridized carbons (Fsp3) is 0.0154. The van der Waals surface area contributed by atoms with Gasteiger partial charge in [0.25, 0.3) is 0 Å². The van der Waals surface area contributed by atoms with E-state index in [4.69, 9.17) is 4.74 Å². The van der Waals surface area contributed by atoms with Gasteiger partial charge in [-0.3, -0.25) is 0 Å². The molecular weight excluding hydrogens is 825 g/mol. The van der Waals surface area contributed by atoms with E-state index in [2.05, 4.69) is 264 Å². The van der Waals surface area contributed by atoms with Crippen molar-refractivity contribution in [3.05, 3.63) is 277 Å². The van der Waals surface area contributed by atoms with E-state index in [0.717, 1.165) is 73.1 Å². The molecule has 2 heterocycles. The Hall–Kier alpha value is -8.92. The number of para-hydroxylation sites is 2. The molecule has 14 rings (SSSR count). The minimum atomic E-state index is -0.691. The molecule has 3 heteroatoms. The summed E-state index contributed by atoms with van der Waals surface area (Å²) >= 11 is 0.